The lowest BCUT2D eigenvalue weighted by atomic mass is 10.2. The van der Waals surface area contributed by atoms with Crippen LogP contribution in [-0.2, 0) is 14.8 Å². The molecule has 3 N–H and O–H groups in total. The van der Waals surface area contributed by atoms with Crippen molar-refractivity contribution in [1.82, 2.24) is 4.31 Å². The SMILES string of the molecule is CN(CCC(=O)O)S(=O)(=O)c1cc(Cl)cc(C(N)=O)c1. The highest BCUT2D eigenvalue weighted by Gasteiger charge is 2.23. The van der Waals surface area contributed by atoms with Crippen molar-refractivity contribution < 1.29 is 23.1 Å². The van der Waals surface area contributed by atoms with E-state index in [9.17, 15) is 18.0 Å². The third-order valence-electron chi connectivity index (χ3n) is 2.50. The molecule has 1 amide bonds. The number of benzene rings is 1. The molecule has 7 nitrogen and oxygen atoms in total. The number of hydrogen-bond donors (Lipinski definition) is 2. The van der Waals surface area contributed by atoms with Crippen LogP contribution >= 0.6 is 11.6 Å². The average Bonchev–Trinajstić information content (AvgIpc) is 2.34. The summed E-state index contributed by atoms with van der Waals surface area (Å²) in [6.07, 6.45) is -0.334. The maximum absolute atomic E-state index is 12.2. The summed E-state index contributed by atoms with van der Waals surface area (Å²) in [5.74, 6) is -1.92. The Hall–Kier alpha value is -1.64. The van der Waals surface area contributed by atoms with Crippen LogP contribution in [0.1, 0.15) is 16.8 Å². The molecule has 0 spiro atoms. The Labute approximate surface area is 121 Å². The molecule has 9 heteroatoms. The molecule has 0 heterocycles. The fraction of sp³-hybridized carbons (Fsp3) is 0.273. The molecule has 0 unspecified atom stereocenters. The lowest BCUT2D eigenvalue weighted by Crippen LogP contribution is -2.29. The fourth-order valence-corrected chi connectivity index (χ4v) is 2.95. The minimum Gasteiger partial charge on any atom is -0.481 e. The van der Waals surface area contributed by atoms with Crippen LogP contribution < -0.4 is 5.73 Å². The zero-order valence-corrected chi connectivity index (χ0v) is 12.1. The Morgan fingerprint density at radius 1 is 1.35 bits per heavy atom. The van der Waals surface area contributed by atoms with E-state index in [1.165, 1.54) is 19.2 Å². The van der Waals surface area contributed by atoms with Crippen LogP contribution in [0.15, 0.2) is 23.1 Å². The van der Waals surface area contributed by atoms with Crippen molar-refractivity contribution in [1.29, 1.82) is 0 Å². The predicted molar refractivity (Wildman–Crippen MR) is 72.0 cm³/mol. The van der Waals surface area contributed by atoms with E-state index in [0.29, 0.717) is 0 Å². The molecule has 110 valence electrons. The number of amides is 1. The van der Waals surface area contributed by atoms with Gasteiger partial charge in [-0.2, -0.15) is 0 Å². The van der Waals surface area contributed by atoms with Crippen LogP contribution in [0.4, 0.5) is 0 Å². The molecule has 1 rings (SSSR count). The van der Waals surface area contributed by atoms with Gasteiger partial charge in [-0.1, -0.05) is 11.6 Å². The Balaban J connectivity index is 3.15. The quantitative estimate of drug-likeness (QED) is 0.793. The maximum Gasteiger partial charge on any atom is 0.304 e. The lowest BCUT2D eigenvalue weighted by molar-refractivity contribution is -0.137. The molecule has 20 heavy (non-hydrogen) atoms. The molecular formula is C11H13ClN2O5S. The second-order valence-electron chi connectivity index (χ2n) is 4.01. The minimum atomic E-state index is -3.94. The van der Waals surface area contributed by atoms with Gasteiger partial charge in [0.15, 0.2) is 0 Å². The molecule has 0 aliphatic rings. The molecule has 0 aliphatic heterocycles. The molecule has 1 aromatic rings. The molecule has 0 fully saturated rings. The number of carbonyl (C=O) groups is 2. The van der Waals surface area contributed by atoms with E-state index < -0.39 is 21.9 Å². The molecule has 1 aromatic carbocycles. The smallest absolute Gasteiger partial charge is 0.304 e. The number of aliphatic carboxylic acids is 1. The number of nitrogens with zero attached hydrogens (tertiary/aromatic N) is 1. The van der Waals surface area contributed by atoms with Crippen molar-refractivity contribution in [3.63, 3.8) is 0 Å². The maximum atomic E-state index is 12.2. The van der Waals surface area contributed by atoms with E-state index >= 15 is 0 Å². The summed E-state index contributed by atoms with van der Waals surface area (Å²) >= 11 is 5.75. The molecule has 0 radical (unpaired) electrons. The van der Waals surface area contributed by atoms with E-state index in [-0.39, 0.29) is 28.4 Å². The van der Waals surface area contributed by atoms with Crippen molar-refractivity contribution in [3.05, 3.63) is 28.8 Å². The standard InChI is InChI=1S/C11H13ClN2O5S/c1-14(3-2-10(15)16)20(18,19)9-5-7(11(13)17)4-8(12)6-9/h4-6H,2-3H2,1H3,(H2,13,17)(H,15,16). The van der Waals surface area contributed by atoms with Crippen molar-refractivity contribution in [2.24, 2.45) is 5.73 Å². The van der Waals surface area contributed by atoms with Gasteiger partial charge in [0.05, 0.1) is 11.3 Å². The average molecular weight is 321 g/mol. The van der Waals surface area contributed by atoms with Gasteiger partial charge < -0.3 is 10.8 Å². The van der Waals surface area contributed by atoms with E-state index in [1.807, 2.05) is 0 Å². The first-order chi connectivity index (χ1) is 9.14. The number of sulfonamides is 1. The summed E-state index contributed by atoms with van der Waals surface area (Å²) in [5, 5.41) is 8.60. The fourth-order valence-electron chi connectivity index (χ4n) is 1.41. The van der Waals surface area contributed by atoms with Crippen LogP contribution in [0, 0.1) is 0 Å². The molecule has 0 saturated carbocycles. The normalized spacial score (nSPS) is 11.6. The molecule has 0 aromatic heterocycles. The Morgan fingerprint density at radius 3 is 2.45 bits per heavy atom. The van der Waals surface area contributed by atoms with E-state index in [1.54, 1.807) is 0 Å². The molecule has 0 bridgehead atoms. The third kappa shape index (κ3) is 3.92. The lowest BCUT2D eigenvalue weighted by Gasteiger charge is -2.16. The first kappa shape index (κ1) is 16.4. The molecule has 0 aliphatic carbocycles. The van der Waals surface area contributed by atoms with Crippen LogP contribution in [0.5, 0.6) is 0 Å². The Bertz CT molecular complexity index is 644. The molecular weight excluding hydrogens is 308 g/mol. The van der Waals surface area contributed by atoms with Gasteiger partial charge in [-0.25, -0.2) is 12.7 Å². The summed E-state index contributed by atoms with van der Waals surface area (Å²) < 4.78 is 25.3. The van der Waals surface area contributed by atoms with E-state index in [4.69, 9.17) is 22.4 Å². The third-order valence-corrected chi connectivity index (χ3v) is 4.56. The topological polar surface area (TPSA) is 118 Å². The van der Waals surface area contributed by atoms with Gasteiger partial charge in [0.25, 0.3) is 0 Å². The second-order valence-corrected chi connectivity index (χ2v) is 6.49. The second kappa shape index (κ2) is 6.21. The number of halogens is 1. The predicted octanol–water partition coefficient (Wildman–Crippen LogP) is 0.534. The Kier molecular flexibility index (Phi) is 5.09. The Morgan fingerprint density at radius 2 is 1.95 bits per heavy atom. The number of hydrogen-bond acceptors (Lipinski definition) is 4. The van der Waals surface area contributed by atoms with Crippen molar-refractivity contribution in [2.45, 2.75) is 11.3 Å². The van der Waals surface area contributed by atoms with Crippen LogP contribution in [-0.4, -0.2) is 43.3 Å². The number of primary amides is 1. The minimum absolute atomic E-state index is 0.0392. The highest BCUT2D eigenvalue weighted by atomic mass is 35.5. The first-order valence-electron chi connectivity index (χ1n) is 5.43. The van der Waals surface area contributed by atoms with Crippen molar-refractivity contribution in [2.75, 3.05) is 13.6 Å². The van der Waals surface area contributed by atoms with Gasteiger partial charge in [0.2, 0.25) is 15.9 Å². The summed E-state index contributed by atoms with van der Waals surface area (Å²) in [6, 6.07) is 3.52. The van der Waals surface area contributed by atoms with Gasteiger partial charge in [-0.3, -0.25) is 9.59 Å². The highest BCUT2D eigenvalue weighted by Crippen LogP contribution is 2.21. The summed E-state index contributed by atoms with van der Waals surface area (Å²) in [6.45, 7) is -0.198. The van der Waals surface area contributed by atoms with Gasteiger partial charge >= 0.3 is 5.97 Å². The molecule has 0 saturated heterocycles. The van der Waals surface area contributed by atoms with E-state index in [2.05, 4.69) is 0 Å². The van der Waals surface area contributed by atoms with Crippen LogP contribution in [0.3, 0.4) is 0 Å². The monoisotopic (exact) mass is 320 g/mol. The number of carboxylic acid groups (broad SMARTS) is 1. The van der Waals surface area contributed by atoms with Gasteiger partial charge in [-0.15, -0.1) is 0 Å². The number of rotatable bonds is 6. The zero-order valence-electron chi connectivity index (χ0n) is 10.5. The van der Waals surface area contributed by atoms with Crippen molar-refractivity contribution >= 4 is 33.5 Å². The summed E-state index contributed by atoms with van der Waals surface area (Å²) in [7, 11) is -2.70. The van der Waals surface area contributed by atoms with Gasteiger partial charge in [-0.05, 0) is 18.2 Å². The highest BCUT2D eigenvalue weighted by molar-refractivity contribution is 7.89. The van der Waals surface area contributed by atoms with Crippen LogP contribution in [0.25, 0.3) is 0 Å². The number of carbonyl (C=O) groups excluding carboxylic acids is 1. The summed E-state index contributed by atoms with van der Waals surface area (Å²) in [5.41, 5.74) is 5.05. The zero-order chi connectivity index (χ0) is 15.5. The van der Waals surface area contributed by atoms with Crippen LogP contribution in [0.2, 0.25) is 5.02 Å². The largest absolute Gasteiger partial charge is 0.481 e. The van der Waals surface area contributed by atoms with E-state index in [0.717, 1.165) is 10.4 Å². The first-order valence-corrected chi connectivity index (χ1v) is 7.25. The summed E-state index contributed by atoms with van der Waals surface area (Å²) in [4.78, 5) is 21.3. The van der Waals surface area contributed by atoms with Crippen molar-refractivity contribution in [3.8, 4) is 0 Å². The van der Waals surface area contributed by atoms with Gasteiger partial charge in [0, 0.05) is 24.2 Å². The van der Waals surface area contributed by atoms with Gasteiger partial charge in [0.1, 0.15) is 0 Å². The molecule has 0 atom stereocenters. The number of carboxylic acids is 1. The number of nitrogens with two attached hydrogens (primary N) is 1.